The standard InChI is InChI=1S/C19H21ClN2O3S/c1-11-9-26-16(22-11)14(7-21)15(23)8-25-17(24)18-3-12-2-13(4-18)6-19(20,5-12)10-18/h9,12-14H,2-6,8,10H2,1H3/t12-,13+,14-,18?,19?/m0/s1. The molecule has 5 atom stereocenters. The third kappa shape index (κ3) is 3.05. The van der Waals surface area contributed by atoms with E-state index in [1.807, 2.05) is 13.0 Å². The fraction of sp³-hybridized carbons (Fsp3) is 0.684. The molecule has 5 nitrogen and oxygen atoms in total. The molecule has 0 radical (unpaired) electrons. The molecule has 0 saturated heterocycles. The number of nitriles is 1. The highest BCUT2D eigenvalue weighted by atomic mass is 35.5. The molecule has 7 heteroatoms. The summed E-state index contributed by atoms with van der Waals surface area (Å²) in [5.74, 6) is -0.723. The number of esters is 1. The highest BCUT2D eigenvalue weighted by Crippen LogP contribution is 2.64. The number of alkyl halides is 1. The van der Waals surface area contributed by atoms with Crippen molar-refractivity contribution in [3.05, 3.63) is 16.1 Å². The van der Waals surface area contributed by atoms with Gasteiger partial charge in [-0.25, -0.2) is 4.98 Å². The first kappa shape index (κ1) is 17.9. The van der Waals surface area contributed by atoms with E-state index >= 15 is 0 Å². The predicted octanol–water partition coefficient (Wildman–Crippen LogP) is 3.75. The van der Waals surface area contributed by atoms with Crippen molar-refractivity contribution in [1.29, 1.82) is 5.26 Å². The van der Waals surface area contributed by atoms with Crippen molar-refractivity contribution in [2.75, 3.05) is 6.61 Å². The molecular formula is C19H21ClN2O3S. The third-order valence-corrected chi connectivity index (χ3v) is 7.57. The van der Waals surface area contributed by atoms with Gasteiger partial charge in [-0.3, -0.25) is 9.59 Å². The second-order valence-electron chi connectivity index (χ2n) is 8.32. The van der Waals surface area contributed by atoms with Crippen molar-refractivity contribution >= 4 is 34.7 Å². The van der Waals surface area contributed by atoms with E-state index in [9.17, 15) is 14.9 Å². The summed E-state index contributed by atoms with van der Waals surface area (Å²) in [7, 11) is 0. The monoisotopic (exact) mass is 392 g/mol. The molecule has 4 saturated carbocycles. The number of ether oxygens (including phenoxy) is 1. The highest BCUT2D eigenvalue weighted by Gasteiger charge is 2.60. The highest BCUT2D eigenvalue weighted by molar-refractivity contribution is 7.09. The SMILES string of the molecule is Cc1csc([C@@H](C#N)C(=O)COC(=O)C23C[C@@H]4C[C@@H](CC(Cl)(C4)C2)C3)n1. The third-order valence-electron chi connectivity index (χ3n) is 6.10. The molecule has 2 unspecified atom stereocenters. The number of ketones is 1. The van der Waals surface area contributed by atoms with Gasteiger partial charge in [0, 0.05) is 15.9 Å². The average Bonchev–Trinajstić information content (AvgIpc) is 2.97. The number of carbonyl (C=O) groups excluding carboxylic acids is 2. The van der Waals surface area contributed by atoms with Gasteiger partial charge in [-0.2, -0.15) is 5.26 Å². The summed E-state index contributed by atoms with van der Waals surface area (Å²) in [5, 5.41) is 11.6. The van der Waals surface area contributed by atoms with Gasteiger partial charge in [-0.05, 0) is 57.3 Å². The van der Waals surface area contributed by atoms with Crippen LogP contribution in [0, 0.1) is 35.5 Å². The lowest BCUT2D eigenvalue weighted by Gasteiger charge is -2.58. The van der Waals surface area contributed by atoms with Gasteiger partial charge < -0.3 is 4.74 Å². The molecule has 26 heavy (non-hydrogen) atoms. The van der Waals surface area contributed by atoms with Gasteiger partial charge in [0.1, 0.15) is 5.01 Å². The van der Waals surface area contributed by atoms with Crippen molar-refractivity contribution < 1.29 is 14.3 Å². The summed E-state index contributed by atoms with van der Waals surface area (Å²) in [5.41, 5.74) is 0.238. The van der Waals surface area contributed by atoms with Crippen LogP contribution in [0.3, 0.4) is 0 Å². The van der Waals surface area contributed by atoms with Gasteiger partial charge in [0.25, 0.3) is 0 Å². The van der Waals surface area contributed by atoms with E-state index in [1.54, 1.807) is 5.38 Å². The van der Waals surface area contributed by atoms with E-state index in [1.165, 1.54) is 11.3 Å². The summed E-state index contributed by atoms with van der Waals surface area (Å²) in [6.07, 6.45) is 5.41. The van der Waals surface area contributed by atoms with Crippen molar-refractivity contribution in [1.82, 2.24) is 4.98 Å². The van der Waals surface area contributed by atoms with Crippen molar-refractivity contribution in [2.45, 2.75) is 56.2 Å². The molecular weight excluding hydrogens is 372 g/mol. The maximum absolute atomic E-state index is 12.9. The Kier molecular flexibility index (Phi) is 4.36. The van der Waals surface area contributed by atoms with Crippen molar-refractivity contribution in [3.8, 4) is 6.07 Å². The second-order valence-corrected chi connectivity index (χ2v) is 10.0. The summed E-state index contributed by atoms with van der Waals surface area (Å²) in [6, 6.07) is 1.98. The predicted molar refractivity (Wildman–Crippen MR) is 96.9 cm³/mol. The zero-order valence-electron chi connectivity index (χ0n) is 14.7. The average molecular weight is 393 g/mol. The first-order valence-electron chi connectivity index (χ1n) is 9.03. The minimum Gasteiger partial charge on any atom is -0.457 e. The van der Waals surface area contributed by atoms with Crippen molar-refractivity contribution in [3.63, 3.8) is 0 Å². The van der Waals surface area contributed by atoms with Gasteiger partial charge in [-0.1, -0.05) is 0 Å². The molecule has 0 aliphatic heterocycles. The molecule has 5 rings (SSSR count). The molecule has 1 aromatic rings. The van der Waals surface area contributed by atoms with Crippen LogP contribution < -0.4 is 0 Å². The normalized spacial score (nSPS) is 35.7. The van der Waals surface area contributed by atoms with Crippen LogP contribution in [-0.4, -0.2) is 28.2 Å². The number of hydrogen-bond donors (Lipinski definition) is 0. The topological polar surface area (TPSA) is 80.0 Å². The Bertz CT molecular complexity index is 785. The molecule has 1 aromatic heterocycles. The van der Waals surface area contributed by atoms with Crippen LogP contribution in [0.1, 0.15) is 55.1 Å². The Balaban J connectivity index is 1.42. The lowest BCUT2D eigenvalue weighted by molar-refractivity contribution is -0.171. The number of nitrogens with zero attached hydrogens (tertiary/aromatic N) is 2. The molecule has 0 spiro atoms. The quantitative estimate of drug-likeness (QED) is 0.563. The summed E-state index contributed by atoms with van der Waals surface area (Å²) in [6.45, 7) is 1.44. The van der Waals surface area contributed by atoms with Crippen LogP contribution in [0.2, 0.25) is 0 Å². The van der Waals surface area contributed by atoms with E-state index in [4.69, 9.17) is 16.3 Å². The number of Topliss-reactive ketones (excluding diaryl/α,β-unsaturated/α-hetero) is 1. The number of halogens is 1. The zero-order chi connectivity index (χ0) is 18.5. The Morgan fingerprint density at radius 3 is 2.65 bits per heavy atom. The van der Waals surface area contributed by atoms with E-state index in [-0.39, 0.29) is 17.5 Å². The number of rotatable bonds is 5. The van der Waals surface area contributed by atoms with E-state index in [2.05, 4.69) is 4.98 Å². The number of thiazole rings is 1. The summed E-state index contributed by atoms with van der Waals surface area (Å²) >= 11 is 8.04. The molecule has 4 aliphatic carbocycles. The minimum absolute atomic E-state index is 0.277. The number of aryl methyl sites for hydroxylation is 1. The largest absolute Gasteiger partial charge is 0.457 e. The Morgan fingerprint density at radius 2 is 2.12 bits per heavy atom. The van der Waals surface area contributed by atoms with Crippen LogP contribution in [0.4, 0.5) is 0 Å². The smallest absolute Gasteiger partial charge is 0.312 e. The van der Waals surface area contributed by atoms with Gasteiger partial charge in [0.15, 0.2) is 18.3 Å². The Labute approximate surface area is 161 Å². The van der Waals surface area contributed by atoms with Gasteiger partial charge in [0.2, 0.25) is 0 Å². The lowest BCUT2D eigenvalue weighted by Crippen LogP contribution is -2.56. The molecule has 4 aliphatic rings. The van der Waals surface area contributed by atoms with Gasteiger partial charge >= 0.3 is 5.97 Å². The summed E-state index contributed by atoms with van der Waals surface area (Å²) in [4.78, 5) is 29.2. The summed E-state index contributed by atoms with van der Waals surface area (Å²) < 4.78 is 5.42. The molecule has 0 amide bonds. The number of hydrogen-bond acceptors (Lipinski definition) is 6. The fourth-order valence-electron chi connectivity index (χ4n) is 5.53. The first-order chi connectivity index (χ1) is 12.3. The number of carbonyl (C=O) groups is 2. The van der Waals surface area contributed by atoms with Crippen LogP contribution in [-0.2, 0) is 14.3 Å². The van der Waals surface area contributed by atoms with E-state index < -0.39 is 17.1 Å². The van der Waals surface area contributed by atoms with Gasteiger partial charge in [0.05, 0.1) is 11.5 Å². The minimum atomic E-state index is -0.975. The molecule has 4 bridgehead atoms. The van der Waals surface area contributed by atoms with Crippen LogP contribution >= 0.6 is 22.9 Å². The zero-order valence-corrected chi connectivity index (χ0v) is 16.2. The molecule has 138 valence electrons. The molecule has 4 fully saturated rings. The van der Waals surface area contributed by atoms with Crippen LogP contribution in [0.25, 0.3) is 0 Å². The Morgan fingerprint density at radius 1 is 1.42 bits per heavy atom. The van der Waals surface area contributed by atoms with Crippen LogP contribution in [0.15, 0.2) is 5.38 Å². The maximum Gasteiger partial charge on any atom is 0.312 e. The van der Waals surface area contributed by atoms with Crippen LogP contribution in [0.5, 0.6) is 0 Å². The van der Waals surface area contributed by atoms with Gasteiger partial charge in [-0.15, -0.1) is 22.9 Å². The second kappa shape index (κ2) is 6.31. The molecule has 0 N–H and O–H groups in total. The molecule has 1 heterocycles. The van der Waals surface area contributed by atoms with E-state index in [0.717, 1.165) is 37.8 Å². The lowest BCUT2D eigenvalue weighted by atomic mass is 9.49. The molecule has 0 aromatic carbocycles. The maximum atomic E-state index is 12.9. The Hall–Kier alpha value is -1.45. The number of aromatic nitrogens is 1. The first-order valence-corrected chi connectivity index (χ1v) is 10.3. The fourth-order valence-corrected chi connectivity index (χ4v) is 7.09. The van der Waals surface area contributed by atoms with Crippen molar-refractivity contribution in [2.24, 2.45) is 17.3 Å². The van der Waals surface area contributed by atoms with E-state index in [0.29, 0.717) is 23.3 Å².